The third kappa shape index (κ3) is 3.51. The second-order valence-electron chi connectivity index (χ2n) is 5.38. The van der Waals surface area contributed by atoms with Crippen molar-refractivity contribution in [2.24, 2.45) is 5.92 Å². The van der Waals surface area contributed by atoms with E-state index in [9.17, 15) is 14.0 Å². The lowest BCUT2D eigenvalue weighted by Crippen LogP contribution is -2.28. The van der Waals surface area contributed by atoms with Gasteiger partial charge in [-0.15, -0.1) is 0 Å². The maximum Gasteiger partial charge on any atom is 0.229 e. The lowest BCUT2D eigenvalue weighted by atomic mass is 10.1. The average Bonchev–Trinajstić information content (AvgIpc) is 2.90. The summed E-state index contributed by atoms with van der Waals surface area (Å²) in [6, 6.07) is 12.5. The normalized spacial score (nSPS) is 17.4. The molecule has 1 N–H and O–H groups in total. The molecule has 2 aromatic carbocycles. The highest BCUT2D eigenvalue weighted by atomic mass is 35.5. The Balaban J connectivity index is 1.69. The van der Waals surface area contributed by atoms with Crippen molar-refractivity contribution in [3.8, 4) is 0 Å². The molecule has 4 nitrogen and oxygen atoms in total. The number of benzene rings is 2. The molecule has 0 saturated carbocycles. The van der Waals surface area contributed by atoms with Gasteiger partial charge in [-0.3, -0.25) is 9.59 Å². The van der Waals surface area contributed by atoms with Crippen LogP contribution in [-0.2, 0) is 9.59 Å². The Morgan fingerprint density at radius 3 is 2.65 bits per heavy atom. The number of hydrogen-bond donors (Lipinski definition) is 1. The molecule has 3 rings (SSSR count). The summed E-state index contributed by atoms with van der Waals surface area (Å²) in [5.41, 5.74) is 1.18. The summed E-state index contributed by atoms with van der Waals surface area (Å²) in [6.07, 6.45) is 0.129. The Morgan fingerprint density at radius 1 is 1.22 bits per heavy atom. The molecule has 0 spiro atoms. The van der Waals surface area contributed by atoms with Crippen LogP contribution in [-0.4, -0.2) is 18.4 Å². The minimum absolute atomic E-state index is 0.129. The predicted octanol–water partition coefficient (Wildman–Crippen LogP) is 3.47. The zero-order chi connectivity index (χ0) is 16.4. The third-order valence-electron chi connectivity index (χ3n) is 3.73. The van der Waals surface area contributed by atoms with Crippen LogP contribution < -0.4 is 10.2 Å². The van der Waals surface area contributed by atoms with Gasteiger partial charge in [0.1, 0.15) is 5.82 Å². The van der Waals surface area contributed by atoms with E-state index in [1.54, 1.807) is 24.3 Å². The van der Waals surface area contributed by atoms with Crippen molar-refractivity contribution < 1.29 is 14.0 Å². The van der Waals surface area contributed by atoms with Gasteiger partial charge in [-0.05, 0) is 42.5 Å². The monoisotopic (exact) mass is 332 g/mol. The van der Waals surface area contributed by atoms with Gasteiger partial charge < -0.3 is 10.2 Å². The molecule has 0 radical (unpaired) electrons. The first-order valence-corrected chi connectivity index (χ1v) is 7.53. The van der Waals surface area contributed by atoms with Gasteiger partial charge in [0.15, 0.2) is 0 Å². The van der Waals surface area contributed by atoms with Crippen LogP contribution in [0.2, 0.25) is 5.02 Å². The smallest absolute Gasteiger partial charge is 0.229 e. The van der Waals surface area contributed by atoms with Crippen LogP contribution in [0.5, 0.6) is 0 Å². The number of anilines is 2. The summed E-state index contributed by atoms with van der Waals surface area (Å²) in [7, 11) is 0. The van der Waals surface area contributed by atoms with Crippen molar-refractivity contribution in [2.75, 3.05) is 16.8 Å². The molecule has 6 heteroatoms. The van der Waals surface area contributed by atoms with Gasteiger partial charge in [-0.25, -0.2) is 4.39 Å². The predicted molar refractivity (Wildman–Crippen MR) is 86.9 cm³/mol. The first-order chi connectivity index (χ1) is 11.0. The molecule has 0 aromatic heterocycles. The highest BCUT2D eigenvalue weighted by Gasteiger charge is 2.35. The second kappa shape index (κ2) is 6.38. The van der Waals surface area contributed by atoms with Crippen LogP contribution in [0.25, 0.3) is 0 Å². The standard InChI is InChI=1S/C17H14ClFN2O2/c18-12-2-1-3-14(9-12)20-17(23)11-8-16(22)21(10-11)15-6-4-13(19)5-7-15/h1-7,9,11H,8,10H2,(H,20,23)/t11-/m1/s1. The lowest BCUT2D eigenvalue weighted by Gasteiger charge is -2.16. The SMILES string of the molecule is O=C(Nc1cccc(Cl)c1)[C@@H]1CC(=O)N(c2ccc(F)cc2)C1. The van der Waals surface area contributed by atoms with E-state index in [0.29, 0.717) is 16.4 Å². The number of carbonyl (C=O) groups is 2. The van der Waals surface area contributed by atoms with E-state index in [0.717, 1.165) is 0 Å². The van der Waals surface area contributed by atoms with Crippen LogP contribution in [0, 0.1) is 11.7 Å². The van der Waals surface area contributed by atoms with Crippen LogP contribution in [0.3, 0.4) is 0 Å². The average molecular weight is 333 g/mol. The molecule has 2 aromatic rings. The van der Waals surface area contributed by atoms with Gasteiger partial charge >= 0.3 is 0 Å². The summed E-state index contributed by atoms with van der Waals surface area (Å²) in [4.78, 5) is 25.9. The molecule has 118 valence electrons. The van der Waals surface area contributed by atoms with Crippen molar-refractivity contribution in [2.45, 2.75) is 6.42 Å². The maximum absolute atomic E-state index is 13.0. The summed E-state index contributed by atoms with van der Waals surface area (Å²) >= 11 is 5.88. The largest absolute Gasteiger partial charge is 0.326 e. The third-order valence-corrected chi connectivity index (χ3v) is 3.96. The highest BCUT2D eigenvalue weighted by molar-refractivity contribution is 6.30. The quantitative estimate of drug-likeness (QED) is 0.935. The summed E-state index contributed by atoms with van der Waals surface area (Å²) in [5, 5.41) is 3.29. The van der Waals surface area contributed by atoms with E-state index in [4.69, 9.17) is 11.6 Å². The molecule has 1 aliphatic heterocycles. The minimum atomic E-state index is -0.452. The van der Waals surface area contributed by atoms with E-state index < -0.39 is 5.92 Å². The molecule has 0 bridgehead atoms. The van der Waals surface area contributed by atoms with Crippen LogP contribution in [0.1, 0.15) is 6.42 Å². The molecule has 1 atom stereocenters. The highest BCUT2D eigenvalue weighted by Crippen LogP contribution is 2.26. The van der Waals surface area contributed by atoms with Crippen LogP contribution in [0.15, 0.2) is 48.5 Å². The molecule has 2 amide bonds. The maximum atomic E-state index is 13.0. The molecule has 1 fully saturated rings. The van der Waals surface area contributed by atoms with Crippen LogP contribution in [0.4, 0.5) is 15.8 Å². The number of nitrogens with zero attached hydrogens (tertiary/aromatic N) is 1. The van der Waals surface area contributed by atoms with Gasteiger partial charge in [0, 0.05) is 29.4 Å². The molecule has 1 heterocycles. The Bertz CT molecular complexity index is 749. The summed E-state index contributed by atoms with van der Waals surface area (Å²) < 4.78 is 13.0. The first kappa shape index (κ1) is 15.5. The summed E-state index contributed by atoms with van der Waals surface area (Å²) in [5.74, 6) is -1.20. The number of halogens is 2. The van der Waals surface area contributed by atoms with Crippen molar-refractivity contribution in [3.05, 3.63) is 59.4 Å². The zero-order valence-electron chi connectivity index (χ0n) is 12.1. The number of carbonyl (C=O) groups excluding carboxylic acids is 2. The zero-order valence-corrected chi connectivity index (χ0v) is 12.9. The number of nitrogens with one attached hydrogen (secondary N) is 1. The van der Waals surface area contributed by atoms with E-state index in [1.807, 2.05) is 0 Å². The Morgan fingerprint density at radius 2 is 1.96 bits per heavy atom. The van der Waals surface area contributed by atoms with Crippen molar-refractivity contribution in [1.29, 1.82) is 0 Å². The molecule has 0 aliphatic carbocycles. The Hall–Kier alpha value is -2.40. The molecule has 1 aliphatic rings. The molecule has 23 heavy (non-hydrogen) atoms. The fourth-order valence-corrected chi connectivity index (χ4v) is 2.75. The molecular weight excluding hydrogens is 319 g/mol. The fourth-order valence-electron chi connectivity index (χ4n) is 2.56. The second-order valence-corrected chi connectivity index (χ2v) is 5.82. The summed E-state index contributed by atoms with van der Waals surface area (Å²) in [6.45, 7) is 0.275. The van der Waals surface area contributed by atoms with Crippen molar-refractivity contribution >= 4 is 34.8 Å². The van der Waals surface area contributed by atoms with E-state index >= 15 is 0 Å². The lowest BCUT2D eigenvalue weighted by molar-refractivity contribution is -0.122. The number of hydrogen-bond acceptors (Lipinski definition) is 2. The van der Waals surface area contributed by atoms with Gasteiger partial charge in [-0.1, -0.05) is 17.7 Å². The molecule has 0 unspecified atom stereocenters. The van der Waals surface area contributed by atoms with Crippen molar-refractivity contribution in [1.82, 2.24) is 0 Å². The fraction of sp³-hybridized carbons (Fsp3) is 0.176. The van der Waals surface area contributed by atoms with E-state index in [2.05, 4.69) is 5.32 Å². The van der Waals surface area contributed by atoms with Gasteiger partial charge in [0.25, 0.3) is 0 Å². The Kier molecular flexibility index (Phi) is 4.30. The van der Waals surface area contributed by atoms with E-state index in [-0.39, 0.29) is 30.6 Å². The van der Waals surface area contributed by atoms with E-state index in [1.165, 1.54) is 29.2 Å². The molecular formula is C17H14ClFN2O2. The topological polar surface area (TPSA) is 49.4 Å². The minimum Gasteiger partial charge on any atom is -0.326 e. The van der Waals surface area contributed by atoms with Gasteiger partial charge in [-0.2, -0.15) is 0 Å². The number of amides is 2. The number of rotatable bonds is 3. The first-order valence-electron chi connectivity index (χ1n) is 7.15. The van der Waals surface area contributed by atoms with Gasteiger partial charge in [0.05, 0.1) is 5.92 Å². The van der Waals surface area contributed by atoms with Gasteiger partial charge in [0.2, 0.25) is 11.8 Å². The Labute approximate surface area is 137 Å². The van der Waals surface area contributed by atoms with Crippen molar-refractivity contribution in [3.63, 3.8) is 0 Å². The van der Waals surface area contributed by atoms with Crippen LogP contribution >= 0.6 is 11.6 Å². The molecule has 1 saturated heterocycles.